The van der Waals surface area contributed by atoms with Gasteiger partial charge in [0.1, 0.15) is 5.82 Å². The van der Waals surface area contributed by atoms with Crippen molar-refractivity contribution in [3.05, 3.63) is 34.1 Å². The van der Waals surface area contributed by atoms with Gasteiger partial charge in [0.05, 0.1) is 12.7 Å². The van der Waals surface area contributed by atoms with Gasteiger partial charge in [0.25, 0.3) is 0 Å². The predicted molar refractivity (Wildman–Crippen MR) is 73.2 cm³/mol. The number of nitrogens with one attached hydrogen (secondary N) is 1. The molecule has 0 saturated carbocycles. The lowest BCUT2D eigenvalue weighted by atomic mass is 10.1. The Balaban J connectivity index is 2.42. The Morgan fingerprint density at radius 2 is 2.22 bits per heavy atom. The van der Waals surface area contributed by atoms with E-state index < -0.39 is 6.10 Å². The third-order valence-electron chi connectivity index (χ3n) is 2.60. The number of aliphatic hydroxyl groups is 1. The monoisotopic (exact) mass is 319 g/mol. The lowest BCUT2D eigenvalue weighted by Gasteiger charge is -2.17. The summed E-state index contributed by atoms with van der Waals surface area (Å²) in [6.07, 6.45) is 0.0472. The molecule has 3 nitrogen and oxygen atoms in total. The zero-order valence-corrected chi connectivity index (χ0v) is 12.2. The number of aliphatic hydroxyl groups excluding tert-OH is 1. The molecule has 0 spiro atoms. The standard InChI is InChI=1S/C13H19BrFNO2/c1-9(16-7-12(17)8-18-2)5-10-3-4-11(14)6-13(10)15/h3-4,6,9,12,16-17H,5,7-8H2,1-2H3. The van der Waals surface area contributed by atoms with Crippen LogP contribution in [0.3, 0.4) is 0 Å². The Morgan fingerprint density at radius 1 is 1.50 bits per heavy atom. The number of methoxy groups -OCH3 is 1. The summed E-state index contributed by atoms with van der Waals surface area (Å²) in [5.74, 6) is -0.213. The maximum absolute atomic E-state index is 13.6. The molecular formula is C13H19BrFNO2. The highest BCUT2D eigenvalue weighted by Gasteiger charge is 2.10. The summed E-state index contributed by atoms with van der Waals surface area (Å²) in [6.45, 7) is 2.69. The van der Waals surface area contributed by atoms with Crippen molar-refractivity contribution in [2.75, 3.05) is 20.3 Å². The number of benzene rings is 1. The molecule has 0 aromatic heterocycles. The number of rotatable bonds is 7. The Kier molecular flexibility index (Phi) is 6.78. The maximum atomic E-state index is 13.6. The fourth-order valence-corrected chi connectivity index (χ4v) is 2.01. The van der Waals surface area contributed by atoms with Crippen LogP contribution in [0.5, 0.6) is 0 Å². The molecule has 1 aromatic carbocycles. The van der Waals surface area contributed by atoms with Crippen LogP contribution in [0, 0.1) is 5.82 Å². The van der Waals surface area contributed by atoms with Gasteiger partial charge in [-0.05, 0) is 31.0 Å². The van der Waals surface area contributed by atoms with Crippen molar-refractivity contribution in [1.82, 2.24) is 5.32 Å². The molecule has 18 heavy (non-hydrogen) atoms. The van der Waals surface area contributed by atoms with Gasteiger partial charge in [-0.3, -0.25) is 0 Å². The molecule has 5 heteroatoms. The first-order chi connectivity index (χ1) is 8.52. The Morgan fingerprint density at radius 3 is 2.83 bits per heavy atom. The molecule has 2 unspecified atom stereocenters. The molecule has 102 valence electrons. The highest BCUT2D eigenvalue weighted by Crippen LogP contribution is 2.16. The van der Waals surface area contributed by atoms with Crippen molar-refractivity contribution in [2.45, 2.75) is 25.5 Å². The van der Waals surface area contributed by atoms with E-state index in [2.05, 4.69) is 21.2 Å². The largest absolute Gasteiger partial charge is 0.389 e. The van der Waals surface area contributed by atoms with Gasteiger partial charge in [-0.2, -0.15) is 0 Å². The van der Waals surface area contributed by atoms with Crippen LogP contribution in [0.2, 0.25) is 0 Å². The van der Waals surface area contributed by atoms with E-state index in [-0.39, 0.29) is 11.9 Å². The SMILES string of the molecule is COCC(O)CNC(C)Cc1ccc(Br)cc1F. The van der Waals surface area contributed by atoms with Crippen LogP contribution >= 0.6 is 15.9 Å². The van der Waals surface area contributed by atoms with Crippen LogP contribution in [-0.2, 0) is 11.2 Å². The maximum Gasteiger partial charge on any atom is 0.127 e. The normalized spacial score (nSPS) is 14.5. The molecule has 0 aliphatic carbocycles. The van der Waals surface area contributed by atoms with E-state index in [4.69, 9.17) is 4.74 Å². The molecule has 0 heterocycles. The van der Waals surface area contributed by atoms with Crippen molar-refractivity contribution < 1.29 is 14.2 Å². The number of halogens is 2. The van der Waals surface area contributed by atoms with Gasteiger partial charge in [-0.25, -0.2) is 4.39 Å². The van der Waals surface area contributed by atoms with E-state index in [1.807, 2.05) is 13.0 Å². The van der Waals surface area contributed by atoms with Crippen LogP contribution in [0.1, 0.15) is 12.5 Å². The van der Waals surface area contributed by atoms with Crippen molar-refractivity contribution in [2.24, 2.45) is 0 Å². The second-order valence-corrected chi connectivity index (χ2v) is 5.27. The van der Waals surface area contributed by atoms with Crippen LogP contribution in [0.25, 0.3) is 0 Å². The van der Waals surface area contributed by atoms with Crippen LogP contribution < -0.4 is 5.32 Å². The summed E-state index contributed by atoms with van der Waals surface area (Å²) in [6, 6.07) is 5.14. The smallest absolute Gasteiger partial charge is 0.127 e. The molecule has 1 aromatic rings. The average Bonchev–Trinajstić information content (AvgIpc) is 2.31. The van der Waals surface area contributed by atoms with Crippen LogP contribution in [0.4, 0.5) is 4.39 Å². The van der Waals surface area contributed by atoms with Crippen molar-refractivity contribution in [1.29, 1.82) is 0 Å². The van der Waals surface area contributed by atoms with Crippen LogP contribution in [-0.4, -0.2) is 37.5 Å². The first kappa shape index (κ1) is 15.6. The van der Waals surface area contributed by atoms with Gasteiger partial charge in [-0.1, -0.05) is 22.0 Å². The second kappa shape index (κ2) is 7.84. The average molecular weight is 320 g/mol. The second-order valence-electron chi connectivity index (χ2n) is 4.36. The van der Waals surface area contributed by atoms with Crippen molar-refractivity contribution in [3.8, 4) is 0 Å². The third kappa shape index (κ3) is 5.44. The van der Waals surface area contributed by atoms with Gasteiger partial charge >= 0.3 is 0 Å². The summed E-state index contributed by atoms with van der Waals surface area (Å²) in [5.41, 5.74) is 0.666. The summed E-state index contributed by atoms with van der Waals surface area (Å²) < 4.78 is 19.2. The minimum absolute atomic E-state index is 0.0900. The Bertz CT molecular complexity index is 376. The molecule has 0 radical (unpaired) electrons. The fraction of sp³-hybridized carbons (Fsp3) is 0.538. The fourth-order valence-electron chi connectivity index (χ4n) is 1.68. The molecule has 0 saturated heterocycles. The zero-order valence-electron chi connectivity index (χ0n) is 10.6. The molecular weight excluding hydrogens is 301 g/mol. The summed E-state index contributed by atoms with van der Waals surface area (Å²) in [5, 5.41) is 12.6. The Labute approximate surface area is 115 Å². The highest BCUT2D eigenvalue weighted by atomic mass is 79.9. The van der Waals surface area contributed by atoms with E-state index in [1.54, 1.807) is 13.2 Å². The summed E-state index contributed by atoms with van der Waals surface area (Å²) in [7, 11) is 1.55. The summed E-state index contributed by atoms with van der Waals surface area (Å²) in [4.78, 5) is 0. The quantitative estimate of drug-likeness (QED) is 0.809. The lowest BCUT2D eigenvalue weighted by molar-refractivity contribution is 0.0630. The summed E-state index contributed by atoms with van der Waals surface area (Å²) >= 11 is 3.23. The molecule has 0 amide bonds. The number of hydrogen-bond donors (Lipinski definition) is 2. The number of ether oxygens (including phenoxy) is 1. The molecule has 0 fully saturated rings. The Hall–Kier alpha value is -0.490. The minimum atomic E-state index is -0.535. The first-order valence-electron chi connectivity index (χ1n) is 5.87. The zero-order chi connectivity index (χ0) is 13.5. The topological polar surface area (TPSA) is 41.5 Å². The molecule has 2 atom stereocenters. The van der Waals surface area contributed by atoms with E-state index in [9.17, 15) is 9.50 Å². The first-order valence-corrected chi connectivity index (χ1v) is 6.66. The molecule has 0 aliphatic heterocycles. The third-order valence-corrected chi connectivity index (χ3v) is 3.10. The van der Waals surface area contributed by atoms with Gasteiger partial charge in [0.2, 0.25) is 0 Å². The van der Waals surface area contributed by atoms with Crippen molar-refractivity contribution in [3.63, 3.8) is 0 Å². The van der Waals surface area contributed by atoms with E-state index in [0.29, 0.717) is 25.1 Å². The van der Waals surface area contributed by atoms with Gasteiger partial charge in [-0.15, -0.1) is 0 Å². The van der Waals surface area contributed by atoms with E-state index in [0.717, 1.165) is 4.47 Å². The molecule has 1 rings (SSSR count). The van der Waals surface area contributed by atoms with Gasteiger partial charge < -0.3 is 15.2 Å². The molecule has 0 bridgehead atoms. The van der Waals surface area contributed by atoms with E-state index >= 15 is 0 Å². The minimum Gasteiger partial charge on any atom is -0.389 e. The van der Waals surface area contributed by atoms with Crippen LogP contribution in [0.15, 0.2) is 22.7 Å². The van der Waals surface area contributed by atoms with Gasteiger partial charge in [0, 0.05) is 24.2 Å². The molecule has 0 aliphatic rings. The predicted octanol–water partition coefficient (Wildman–Crippen LogP) is 2.12. The van der Waals surface area contributed by atoms with Gasteiger partial charge in [0.15, 0.2) is 0 Å². The highest BCUT2D eigenvalue weighted by molar-refractivity contribution is 9.10. The molecule has 2 N–H and O–H groups in total. The van der Waals surface area contributed by atoms with E-state index in [1.165, 1.54) is 6.07 Å². The lowest BCUT2D eigenvalue weighted by Crippen LogP contribution is -2.37. The van der Waals surface area contributed by atoms with Crippen molar-refractivity contribution >= 4 is 15.9 Å². The number of hydrogen-bond acceptors (Lipinski definition) is 3.